The first-order valence-corrected chi connectivity index (χ1v) is 5.20. The number of hydrogen-bond acceptors (Lipinski definition) is 1. The van der Waals surface area contributed by atoms with Crippen molar-refractivity contribution in [1.29, 1.82) is 0 Å². The predicted octanol–water partition coefficient (Wildman–Crippen LogP) is 2.26. The molecule has 0 bridgehead atoms. The van der Waals surface area contributed by atoms with Crippen LogP contribution in [0.4, 0.5) is 8.78 Å². The van der Waals surface area contributed by atoms with Gasteiger partial charge in [-0.25, -0.2) is 8.78 Å². The molecule has 2 nitrogen and oxygen atoms in total. The number of carbonyl (C=O) groups excluding carboxylic acids is 1. The lowest BCUT2D eigenvalue weighted by Crippen LogP contribution is -2.45. The number of hydrogen-bond donors (Lipinski definition) is 0. The standard InChI is InChI=1S/C9H14ClF2NO/c1-2-7(10)8(14)13-5-3-9(11,12)4-6-13/h7H,2-6H2,1H3/t7-/m1/s1. The molecule has 1 aliphatic rings. The lowest BCUT2D eigenvalue weighted by atomic mass is 10.1. The minimum atomic E-state index is -2.61. The van der Waals surface area contributed by atoms with Gasteiger partial charge >= 0.3 is 0 Å². The molecule has 1 saturated heterocycles. The molecule has 5 heteroatoms. The molecule has 1 amide bonds. The second-order valence-electron chi connectivity index (χ2n) is 3.56. The minimum Gasteiger partial charge on any atom is -0.341 e. The van der Waals surface area contributed by atoms with Crippen molar-refractivity contribution in [3.05, 3.63) is 0 Å². The third-order valence-corrected chi connectivity index (χ3v) is 2.93. The molecule has 1 fully saturated rings. The molecule has 0 aromatic heterocycles. The summed E-state index contributed by atoms with van der Waals surface area (Å²) in [7, 11) is 0. The molecule has 0 aromatic rings. The van der Waals surface area contributed by atoms with Gasteiger partial charge in [0.1, 0.15) is 5.38 Å². The number of rotatable bonds is 2. The first-order valence-electron chi connectivity index (χ1n) is 4.77. The second kappa shape index (κ2) is 4.43. The van der Waals surface area contributed by atoms with E-state index in [1.54, 1.807) is 6.92 Å². The average molecular weight is 226 g/mol. The Morgan fingerprint density at radius 1 is 1.50 bits per heavy atom. The number of nitrogens with zero attached hydrogens (tertiary/aromatic N) is 1. The summed E-state index contributed by atoms with van der Waals surface area (Å²) in [6.07, 6.45) is 0.0470. The molecule has 0 spiro atoms. The van der Waals surface area contributed by atoms with E-state index in [9.17, 15) is 13.6 Å². The van der Waals surface area contributed by atoms with Gasteiger partial charge in [0.05, 0.1) is 0 Å². The first-order chi connectivity index (χ1) is 6.46. The molecule has 82 valence electrons. The minimum absolute atomic E-state index is 0.120. The molecule has 1 rings (SSSR count). The molecule has 1 heterocycles. The maximum absolute atomic E-state index is 12.8. The number of amides is 1. The number of alkyl halides is 3. The van der Waals surface area contributed by atoms with Crippen molar-refractivity contribution in [3.63, 3.8) is 0 Å². The fourth-order valence-corrected chi connectivity index (χ4v) is 1.56. The summed E-state index contributed by atoms with van der Waals surface area (Å²) in [6, 6.07) is 0. The summed E-state index contributed by atoms with van der Waals surface area (Å²) in [5.74, 6) is -2.82. The van der Waals surface area contributed by atoms with E-state index in [-0.39, 0.29) is 31.8 Å². The zero-order valence-corrected chi connectivity index (χ0v) is 8.86. The van der Waals surface area contributed by atoms with E-state index >= 15 is 0 Å². The molecule has 1 aliphatic heterocycles. The normalized spacial score (nSPS) is 23.3. The zero-order valence-electron chi connectivity index (χ0n) is 8.10. The van der Waals surface area contributed by atoms with E-state index in [2.05, 4.69) is 0 Å². The Morgan fingerprint density at radius 2 is 2.00 bits per heavy atom. The molecule has 14 heavy (non-hydrogen) atoms. The van der Waals surface area contributed by atoms with Crippen LogP contribution in [0.3, 0.4) is 0 Å². The van der Waals surface area contributed by atoms with E-state index in [4.69, 9.17) is 11.6 Å². The highest BCUT2D eigenvalue weighted by Gasteiger charge is 2.36. The van der Waals surface area contributed by atoms with Crippen molar-refractivity contribution in [2.24, 2.45) is 0 Å². The Balaban J connectivity index is 2.46. The summed E-state index contributed by atoms with van der Waals surface area (Å²) in [5.41, 5.74) is 0. The molecule has 0 aliphatic carbocycles. The van der Waals surface area contributed by atoms with E-state index in [0.717, 1.165) is 0 Å². The highest BCUT2D eigenvalue weighted by molar-refractivity contribution is 6.30. The van der Waals surface area contributed by atoms with Crippen LogP contribution in [0.25, 0.3) is 0 Å². The van der Waals surface area contributed by atoms with Gasteiger partial charge in [0.2, 0.25) is 5.91 Å². The van der Waals surface area contributed by atoms with Gasteiger partial charge in [0.25, 0.3) is 5.92 Å². The van der Waals surface area contributed by atoms with Crippen molar-refractivity contribution >= 4 is 17.5 Å². The van der Waals surface area contributed by atoms with E-state index in [1.807, 2.05) is 0 Å². The fourth-order valence-electron chi connectivity index (χ4n) is 1.43. The smallest absolute Gasteiger partial charge is 0.251 e. The van der Waals surface area contributed by atoms with Gasteiger partial charge in [-0.05, 0) is 6.42 Å². The molecule has 0 N–H and O–H groups in total. The summed E-state index contributed by atoms with van der Waals surface area (Å²) in [4.78, 5) is 12.9. The van der Waals surface area contributed by atoms with Crippen LogP contribution in [0.1, 0.15) is 26.2 Å². The maximum Gasteiger partial charge on any atom is 0.251 e. The van der Waals surface area contributed by atoms with Crippen molar-refractivity contribution in [3.8, 4) is 0 Å². The van der Waals surface area contributed by atoms with E-state index in [1.165, 1.54) is 4.90 Å². The fraction of sp³-hybridized carbons (Fsp3) is 0.889. The topological polar surface area (TPSA) is 20.3 Å². The van der Waals surface area contributed by atoms with Crippen LogP contribution in [-0.2, 0) is 4.79 Å². The average Bonchev–Trinajstić information content (AvgIpc) is 2.15. The Morgan fingerprint density at radius 3 is 2.43 bits per heavy atom. The lowest BCUT2D eigenvalue weighted by molar-refractivity contribution is -0.136. The summed E-state index contributed by atoms with van der Waals surface area (Å²) >= 11 is 5.74. The van der Waals surface area contributed by atoms with Crippen LogP contribution in [0.5, 0.6) is 0 Å². The molecule has 0 aromatic carbocycles. The Labute approximate surface area is 87.2 Å². The quantitative estimate of drug-likeness (QED) is 0.661. The van der Waals surface area contributed by atoms with Crippen LogP contribution in [0.2, 0.25) is 0 Å². The highest BCUT2D eigenvalue weighted by Crippen LogP contribution is 2.28. The zero-order chi connectivity index (χ0) is 10.8. The SMILES string of the molecule is CC[C@@H](Cl)C(=O)N1CCC(F)(F)CC1. The first kappa shape index (κ1) is 11.7. The molecule has 0 saturated carbocycles. The Kier molecular flexibility index (Phi) is 3.70. The highest BCUT2D eigenvalue weighted by atomic mass is 35.5. The molecular weight excluding hydrogens is 212 g/mol. The van der Waals surface area contributed by atoms with Gasteiger partial charge in [-0.2, -0.15) is 0 Å². The number of carbonyl (C=O) groups is 1. The summed E-state index contributed by atoms with van der Waals surface area (Å²) in [5, 5.41) is -0.568. The van der Waals surface area contributed by atoms with Crippen LogP contribution in [-0.4, -0.2) is 35.2 Å². The van der Waals surface area contributed by atoms with Crippen LogP contribution in [0, 0.1) is 0 Å². The third kappa shape index (κ3) is 2.80. The largest absolute Gasteiger partial charge is 0.341 e. The summed E-state index contributed by atoms with van der Waals surface area (Å²) < 4.78 is 25.5. The number of likely N-dealkylation sites (tertiary alicyclic amines) is 1. The van der Waals surface area contributed by atoms with Crippen molar-refractivity contribution in [2.45, 2.75) is 37.5 Å². The van der Waals surface area contributed by atoms with Gasteiger partial charge in [-0.1, -0.05) is 6.92 Å². The van der Waals surface area contributed by atoms with Gasteiger partial charge < -0.3 is 4.90 Å². The van der Waals surface area contributed by atoms with Crippen LogP contribution in [0.15, 0.2) is 0 Å². The maximum atomic E-state index is 12.8. The molecule has 0 radical (unpaired) electrons. The Hall–Kier alpha value is -0.380. The third-order valence-electron chi connectivity index (χ3n) is 2.43. The van der Waals surface area contributed by atoms with Crippen molar-refractivity contribution in [2.75, 3.05) is 13.1 Å². The Bertz CT molecular complexity index is 213. The van der Waals surface area contributed by atoms with Gasteiger partial charge in [-0.3, -0.25) is 4.79 Å². The summed E-state index contributed by atoms with van der Waals surface area (Å²) in [6.45, 7) is 2.04. The molecule has 1 atom stereocenters. The second-order valence-corrected chi connectivity index (χ2v) is 4.08. The number of piperidine rings is 1. The van der Waals surface area contributed by atoms with Gasteiger partial charge in [-0.15, -0.1) is 11.6 Å². The van der Waals surface area contributed by atoms with Gasteiger partial charge in [0.15, 0.2) is 0 Å². The van der Waals surface area contributed by atoms with E-state index < -0.39 is 11.3 Å². The predicted molar refractivity (Wildman–Crippen MR) is 50.7 cm³/mol. The van der Waals surface area contributed by atoms with Crippen molar-refractivity contribution < 1.29 is 13.6 Å². The van der Waals surface area contributed by atoms with Gasteiger partial charge in [0, 0.05) is 25.9 Å². The lowest BCUT2D eigenvalue weighted by Gasteiger charge is -2.32. The van der Waals surface area contributed by atoms with Crippen molar-refractivity contribution in [1.82, 2.24) is 4.90 Å². The molecule has 0 unspecified atom stereocenters. The monoisotopic (exact) mass is 225 g/mol. The number of halogens is 3. The molecular formula is C9H14ClF2NO. The van der Waals surface area contributed by atoms with E-state index in [0.29, 0.717) is 6.42 Å². The van der Waals surface area contributed by atoms with Crippen LogP contribution < -0.4 is 0 Å². The van der Waals surface area contributed by atoms with Crippen LogP contribution >= 0.6 is 11.6 Å².